The van der Waals surface area contributed by atoms with Crippen LogP contribution in [0.25, 0.3) is 22.5 Å². The van der Waals surface area contributed by atoms with E-state index >= 15 is 0 Å². The van der Waals surface area contributed by atoms with Crippen LogP contribution in [0.3, 0.4) is 0 Å². The van der Waals surface area contributed by atoms with Gasteiger partial charge in [0.2, 0.25) is 5.95 Å². The molecule has 1 fully saturated rings. The van der Waals surface area contributed by atoms with Crippen LogP contribution in [0.1, 0.15) is 11.3 Å². The molecule has 3 aromatic heterocycles. The second kappa shape index (κ2) is 9.00. The maximum atomic E-state index is 5.42. The molecule has 1 saturated heterocycles. The summed E-state index contributed by atoms with van der Waals surface area (Å²) in [5.41, 5.74) is 6.53. The molecule has 6 rings (SSSR count). The van der Waals surface area contributed by atoms with Crippen LogP contribution in [0.2, 0.25) is 0 Å². The monoisotopic (exact) mass is 456 g/mol. The lowest BCUT2D eigenvalue weighted by Gasteiger charge is -2.26. The van der Waals surface area contributed by atoms with Gasteiger partial charge in [0.1, 0.15) is 0 Å². The molecule has 0 bridgehead atoms. The van der Waals surface area contributed by atoms with Crippen molar-refractivity contribution in [2.24, 2.45) is 7.05 Å². The van der Waals surface area contributed by atoms with Crippen LogP contribution in [0, 0.1) is 0 Å². The molecule has 0 atom stereocenters. The summed E-state index contributed by atoms with van der Waals surface area (Å²) >= 11 is 0. The van der Waals surface area contributed by atoms with Crippen LogP contribution < -0.4 is 5.32 Å². The highest BCUT2D eigenvalue weighted by Gasteiger charge is 2.27. The number of benzene rings is 1. The van der Waals surface area contributed by atoms with Crippen LogP contribution in [0.15, 0.2) is 48.8 Å². The van der Waals surface area contributed by atoms with E-state index in [1.165, 1.54) is 0 Å². The molecule has 2 aliphatic rings. The Morgan fingerprint density at radius 1 is 1.00 bits per heavy atom. The summed E-state index contributed by atoms with van der Waals surface area (Å²) in [6, 6.07) is 12.4. The zero-order valence-electron chi connectivity index (χ0n) is 19.3. The van der Waals surface area contributed by atoms with Crippen molar-refractivity contribution in [2.75, 3.05) is 38.2 Å². The molecule has 0 spiro atoms. The Bertz CT molecular complexity index is 1290. The topological polar surface area (TPSA) is 85.9 Å². The molecular formula is C25H28N8O. The molecule has 0 saturated carbocycles. The Kier molecular flexibility index (Phi) is 5.56. The SMILES string of the molecule is Cn1nc2c(c1-c1ccccc1)-c1nc(Nc3ccn(CCN4CCOCC4)n3)ncc1CC2. The zero-order valence-corrected chi connectivity index (χ0v) is 19.3. The first-order valence-corrected chi connectivity index (χ1v) is 11.8. The van der Waals surface area contributed by atoms with Crippen molar-refractivity contribution in [3.63, 3.8) is 0 Å². The third kappa shape index (κ3) is 4.08. The summed E-state index contributed by atoms with van der Waals surface area (Å²) in [4.78, 5) is 11.9. The molecule has 1 aliphatic carbocycles. The lowest BCUT2D eigenvalue weighted by atomic mass is 9.91. The highest BCUT2D eigenvalue weighted by atomic mass is 16.5. The first kappa shape index (κ1) is 21.0. The normalized spacial score (nSPS) is 15.7. The number of fused-ring (bicyclic) bond motifs is 3. The summed E-state index contributed by atoms with van der Waals surface area (Å²) in [5.74, 6) is 1.29. The molecule has 1 aliphatic heterocycles. The Labute approximate surface area is 198 Å². The largest absolute Gasteiger partial charge is 0.379 e. The van der Waals surface area contributed by atoms with Gasteiger partial charge in [-0.25, -0.2) is 9.97 Å². The smallest absolute Gasteiger partial charge is 0.228 e. The van der Waals surface area contributed by atoms with Gasteiger partial charge in [-0.3, -0.25) is 14.3 Å². The molecular weight excluding hydrogens is 428 g/mol. The zero-order chi connectivity index (χ0) is 22.9. The van der Waals surface area contributed by atoms with E-state index in [1.807, 2.05) is 40.9 Å². The van der Waals surface area contributed by atoms with Crippen molar-refractivity contribution in [1.29, 1.82) is 0 Å². The van der Waals surface area contributed by atoms with Crippen molar-refractivity contribution in [3.8, 4) is 22.5 Å². The van der Waals surface area contributed by atoms with Gasteiger partial charge in [0.15, 0.2) is 5.82 Å². The molecule has 4 heterocycles. The average molecular weight is 457 g/mol. The number of hydrogen-bond donors (Lipinski definition) is 1. The standard InChI is InChI=1S/C25H28N8O/c1-31-24(18-5-3-2-4-6-18)22-20(29-31)8-7-19-17-26-25(28-23(19)22)27-21-9-10-33(30-21)12-11-32-13-15-34-16-14-32/h2-6,9-10,17H,7-8,11-16H2,1H3,(H,26,27,28,30). The Hall–Kier alpha value is -3.56. The predicted molar refractivity (Wildman–Crippen MR) is 130 cm³/mol. The first-order valence-electron chi connectivity index (χ1n) is 11.8. The third-order valence-corrected chi connectivity index (χ3v) is 6.53. The van der Waals surface area contributed by atoms with Crippen LogP contribution in [-0.2, 0) is 31.2 Å². The molecule has 0 radical (unpaired) electrons. The Morgan fingerprint density at radius 3 is 2.71 bits per heavy atom. The molecule has 174 valence electrons. The number of anilines is 2. The minimum atomic E-state index is 0.549. The fraction of sp³-hybridized carbons (Fsp3) is 0.360. The minimum Gasteiger partial charge on any atom is -0.379 e. The lowest BCUT2D eigenvalue weighted by Crippen LogP contribution is -2.38. The molecule has 34 heavy (non-hydrogen) atoms. The fourth-order valence-electron chi connectivity index (χ4n) is 4.79. The second-order valence-electron chi connectivity index (χ2n) is 8.77. The van der Waals surface area contributed by atoms with E-state index in [4.69, 9.17) is 14.8 Å². The number of aromatic nitrogens is 6. The molecule has 9 heteroatoms. The van der Waals surface area contributed by atoms with E-state index in [2.05, 4.69) is 44.6 Å². The van der Waals surface area contributed by atoms with Gasteiger partial charge < -0.3 is 10.1 Å². The summed E-state index contributed by atoms with van der Waals surface area (Å²) in [6.45, 7) is 5.39. The molecule has 1 N–H and O–H groups in total. The summed E-state index contributed by atoms with van der Waals surface area (Å²) in [7, 11) is 2.00. The highest BCUT2D eigenvalue weighted by Crippen LogP contribution is 2.39. The lowest BCUT2D eigenvalue weighted by molar-refractivity contribution is 0.0360. The molecule has 1 aromatic carbocycles. The predicted octanol–water partition coefficient (Wildman–Crippen LogP) is 2.92. The van der Waals surface area contributed by atoms with Crippen molar-refractivity contribution >= 4 is 11.8 Å². The van der Waals surface area contributed by atoms with Crippen LogP contribution in [0.4, 0.5) is 11.8 Å². The van der Waals surface area contributed by atoms with Gasteiger partial charge in [0.05, 0.1) is 36.8 Å². The van der Waals surface area contributed by atoms with Crippen molar-refractivity contribution < 1.29 is 4.74 Å². The van der Waals surface area contributed by atoms with Crippen LogP contribution in [0.5, 0.6) is 0 Å². The van der Waals surface area contributed by atoms with E-state index in [0.29, 0.717) is 5.95 Å². The molecule has 0 unspecified atom stereocenters. The maximum absolute atomic E-state index is 5.42. The van der Waals surface area contributed by atoms with Gasteiger partial charge in [0, 0.05) is 56.3 Å². The number of morpholine rings is 1. The van der Waals surface area contributed by atoms with Gasteiger partial charge in [-0.05, 0) is 18.4 Å². The molecule has 9 nitrogen and oxygen atoms in total. The number of hydrogen-bond acceptors (Lipinski definition) is 7. The second-order valence-corrected chi connectivity index (χ2v) is 8.77. The van der Waals surface area contributed by atoms with Gasteiger partial charge in [-0.2, -0.15) is 10.2 Å². The number of ether oxygens (including phenoxy) is 1. The number of rotatable bonds is 6. The quantitative estimate of drug-likeness (QED) is 0.477. The Balaban J connectivity index is 1.24. The van der Waals surface area contributed by atoms with Gasteiger partial charge in [-0.15, -0.1) is 0 Å². The number of nitrogens with zero attached hydrogens (tertiary/aromatic N) is 7. The summed E-state index contributed by atoms with van der Waals surface area (Å²) < 4.78 is 9.36. The number of nitrogens with one attached hydrogen (secondary N) is 1. The van der Waals surface area contributed by atoms with E-state index in [0.717, 1.165) is 91.8 Å². The van der Waals surface area contributed by atoms with E-state index in [-0.39, 0.29) is 0 Å². The van der Waals surface area contributed by atoms with E-state index in [9.17, 15) is 0 Å². The third-order valence-electron chi connectivity index (χ3n) is 6.53. The minimum absolute atomic E-state index is 0.549. The highest BCUT2D eigenvalue weighted by molar-refractivity contribution is 5.84. The maximum Gasteiger partial charge on any atom is 0.228 e. The van der Waals surface area contributed by atoms with Gasteiger partial charge in [0.25, 0.3) is 0 Å². The molecule has 4 aromatic rings. The average Bonchev–Trinajstić information content (AvgIpc) is 3.47. The van der Waals surface area contributed by atoms with Crippen molar-refractivity contribution in [2.45, 2.75) is 19.4 Å². The summed E-state index contributed by atoms with van der Waals surface area (Å²) in [6.07, 6.45) is 5.72. The van der Waals surface area contributed by atoms with Crippen LogP contribution >= 0.6 is 0 Å². The van der Waals surface area contributed by atoms with E-state index in [1.54, 1.807) is 0 Å². The van der Waals surface area contributed by atoms with Crippen LogP contribution in [-0.4, -0.2) is 67.3 Å². The van der Waals surface area contributed by atoms with Crippen molar-refractivity contribution in [1.82, 2.24) is 34.4 Å². The first-order chi connectivity index (χ1) is 16.7. The van der Waals surface area contributed by atoms with Gasteiger partial charge in [-0.1, -0.05) is 30.3 Å². The summed E-state index contributed by atoms with van der Waals surface area (Å²) in [5, 5.41) is 12.8. The van der Waals surface area contributed by atoms with Crippen molar-refractivity contribution in [3.05, 3.63) is 60.0 Å². The fourth-order valence-corrected chi connectivity index (χ4v) is 4.79. The van der Waals surface area contributed by atoms with E-state index < -0.39 is 0 Å². The Morgan fingerprint density at radius 2 is 1.85 bits per heavy atom. The molecule has 0 amide bonds. The number of aryl methyl sites for hydroxylation is 3. The van der Waals surface area contributed by atoms with Gasteiger partial charge >= 0.3 is 0 Å².